The molecule has 0 radical (unpaired) electrons. The number of carbonyl (C=O) groups is 2. The number of Topliss-reactive ketones (excluding diaryl/α,β-unsaturated/α-hetero) is 1. The Hall–Kier alpha value is -3.11. The predicted octanol–water partition coefficient (Wildman–Crippen LogP) is 6.83. The minimum absolute atomic E-state index is 0.0347. The van der Waals surface area contributed by atoms with Gasteiger partial charge in [0.1, 0.15) is 36.3 Å². The van der Waals surface area contributed by atoms with Crippen molar-refractivity contribution in [3.63, 3.8) is 0 Å². The van der Waals surface area contributed by atoms with E-state index in [1.165, 1.54) is 18.4 Å². The van der Waals surface area contributed by atoms with Gasteiger partial charge in [-0.25, -0.2) is 0 Å². The maximum absolute atomic E-state index is 15.0. The molecule has 4 fully saturated rings. The fourth-order valence-corrected chi connectivity index (χ4v) is 12.0. The Balaban J connectivity index is 1.48. The van der Waals surface area contributed by atoms with Crippen LogP contribution in [-0.4, -0.2) is 144 Å². The summed E-state index contributed by atoms with van der Waals surface area (Å²) in [4.78, 5) is 38.1. The highest BCUT2D eigenvalue weighted by atomic mass is 32.1. The summed E-state index contributed by atoms with van der Waals surface area (Å²) in [5.74, 6) is 2.61. The first-order valence-electron chi connectivity index (χ1n) is 24.0. The van der Waals surface area contributed by atoms with E-state index in [4.69, 9.17) is 37.9 Å². The summed E-state index contributed by atoms with van der Waals surface area (Å²) in [6.07, 6.45) is -4.76. The number of pyridine rings is 1. The molecule has 4 aliphatic heterocycles. The van der Waals surface area contributed by atoms with Crippen LogP contribution in [0.15, 0.2) is 48.7 Å². The minimum Gasteiger partial charge on any atom is -0.459 e. The predicted molar refractivity (Wildman–Crippen MR) is 255 cm³/mol. The average molecular weight is 953 g/mol. The normalized spacial score (nSPS) is 41.3. The summed E-state index contributed by atoms with van der Waals surface area (Å²) in [5, 5.41) is 23.2. The van der Waals surface area contributed by atoms with E-state index >= 15 is 0 Å². The molecule has 4 saturated heterocycles. The molecule has 0 spiro atoms. The second-order valence-electron chi connectivity index (χ2n) is 20.3. The van der Waals surface area contributed by atoms with Crippen LogP contribution in [0.25, 0.3) is 10.6 Å². The second-order valence-corrected chi connectivity index (χ2v) is 21.4. The van der Waals surface area contributed by atoms with Gasteiger partial charge in [-0.15, -0.1) is 11.3 Å². The third-order valence-electron chi connectivity index (χ3n) is 15.1. The Labute approximate surface area is 402 Å². The lowest BCUT2D eigenvalue weighted by atomic mass is 9.69. The van der Waals surface area contributed by atoms with Gasteiger partial charge in [0.05, 0.1) is 63.6 Å². The van der Waals surface area contributed by atoms with Crippen molar-refractivity contribution in [2.45, 2.75) is 173 Å². The molecule has 0 bridgehead atoms. The maximum atomic E-state index is 15.0. The number of carbonyl (C=O) groups excluding carboxylic acids is 2. The summed E-state index contributed by atoms with van der Waals surface area (Å²) in [6.45, 7) is 23.2. The SMILES string of the molecule is C=C1CO[C@]2(C)[C@@H](CC)OC(=O)[C@H](C)[C@@H](O[C@H]3C[C@@](C)(OC)C(O)[C@H](C)O3)[C@H](C)[C@@H](O[C@@H]3O[C@H](C)C[C@H](N(C)C)[C@H]3O)[C@](C)(OCC#Cc3ccc(-c4ccccn4)s3)CC(C)C(=O)C(C)[C@H]12. The number of ether oxygens (including phenoxy) is 8. The van der Waals surface area contributed by atoms with Gasteiger partial charge in [-0.2, -0.15) is 0 Å². The van der Waals surface area contributed by atoms with Gasteiger partial charge >= 0.3 is 5.97 Å². The minimum atomic E-state index is -1.33. The molecule has 2 N–H and O–H groups in total. The van der Waals surface area contributed by atoms with E-state index in [1.807, 2.05) is 97.8 Å². The van der Waals surface area contributed by atoms with E-state index in [-0.39, 0.29) is 44.0 Å². The van der Waals surface area contributed by atoms with Crippen LogP contribution in [-0.2, 0) is 47.5 Å². The Morgan fingerprint density at radius 1 is 0.970 bits per heavy atom. The van der Waals surface area contributed by atoms with E-state index in [9.17, 15) is 19.8 Å². The molecule has 18 atom stereocenters. The third-order valence-corrected chi connectivity index (χ3v) is 16.1. The number of hydrogen-bond acceptors (Lipinski definition) is 15. The maximum Gasteiger partial charge on any atom is 0.311 e. The van der Waals surface area contributed by atoms with Crippen LogP contribution < -0.4 is 0 Å². The quantitative estimate of drug-likeness (QED) is 0.145. The van der Waals surface area contributed by atoms with Crippen molar-refractivity contribution >= 4 is 23.1 Å². The number of nitrogens with zero attached hydrogens (tertiary/aromatic N) is 2. The van der Waals surface area contributed by atoms with Crippen LogP contribution in [0.5, 0.6) is 0 Å². The fourth-order valence-electron chi connectivity index (χ4n) is 11.2. The van der Waals surface area contributed by atoms with Crippen LogP contribution in [0.4, 0.5) is 0 Å². The van der Waals surface area contributed by atoms with Crippen molar-refractivity contribution in [2.75, 3.05) is 34.4 Å². The number of aliphatic hydroxyl groups is 2. The number of thiophene rings is 1. The number of ketones is 1. The fraction of sp³-hybridized carbons (Fsp3) is 0.712. The zero-order chi connectivity index (χ0) is 49.2. The molecular weight excluding hydrogens is 877 g/mol. The zero-order valence-electron chi connectivity index (χ0n) is 41.9. The van der Waals surface area contributed by atoms with Crippen molar-refractivity contribution in [3.05, 3.63) is 53.6 Å². The molecule has 15 heteroatoms. The summed E-state index contributed by atoms with van der Waals surface area (Å²) in [6, 6.07) is 9.41. The van der Waals surface area contributed by atoms with Crippen molar-refractivity contribution in [3.8, 4) is 22.4 Å². The number of hydrogen-bond donors (Lipinski definition) is 2. The lowest BCUT2D eigenvalue weighted by Gasteiger charge is -2.50. The topological polar surface area (TPSA) is 165 Å². The molecular formula is C52H76N2O12S. The smallest absolute Gasteiger partial charge is 0.311 e. The number of methoxy groups -OCH3 is 1. The van der Waals surface area contributed by atoms with Gasteiger partial charge in [0.25, 0.3) is 0 Å². The number of fused-ring (bicyclic) bond motifs is 1. The first kappa shape index (κ1) is 53.2. The Morgan fingerprint density at radius 2 is 1.70 bits per heavy atom. The number of aliphatic hydroxyl groups excluding tert-OH is 2. The van der Waals surface area contributed by atoms with Gasteiger partial charge in [0.2, 0.25) is 0 Å². The number of aromatic nitrogens is 1. The van der Waals surface area contributed by atoms with Crippen LogP contribution in [0.3, 0.4) is 0 Å². The van der Waals surface area contributed by atoms with Crippen LogP contribution in [0.2, 0.25) is 0 Å². The van der Waals surface area contributed by atoms with Crippen molar-refractivity contribution in [1.82, 2.24) is 9.88 Å². The average Bonchev–Trinajstić information content (AvgIpc) is 3.90. The molecule has 0 aromatic carbocycles. The summed E-state index contributed by atoms with van der Waals surface area (Å²) in [7, 11) is 5.35. The van der Waals surface area contributed by atoms with Crippen LogP contribution >= 0.6 is 11.3 Å². The molecule has 14 nitrogen and oxygen atoms in total. The van der Waals surface area contributed by atoms with E-state index in [0.717, 1.165) is 21.0 Å². The van der Waals surface area contributed by atoms with Gasteiger partial charge in [0.15, 0.2) is 12.6 Å². The molecule has 67 heavy (non-hydrogen) atoms. The van der Waals surface area contributed by atoms with Gasteiger partial charge in [-0.1, -0.05) is 52.2 Å². The largest absolute Gasteiger partial charge is 0.459 e. The zero-order valence-corrected chi connectivity index (χ0v) is 42.7. The molecule has 372 valence electrons. The highest BCUT2D eigenvalue weighted by Crippen LogP contribution is 2.47. The van der Waals surface area contributed by atoms with Crippen LogP contribution in [0.1, 0.15) is 99.8 Å². The molecule has 2 aromatic heterocycles. The number of cyclic esters (lactones) is 1. The molecule has 2 aromatic rings. The van der Waals surface area contributed by atoms with Crippen molar-refractivity contribution < 1.29 is 57.7 Å². The van der Waals surface area contributed by atoms with Crippen molar-refractivity contribution in [2.24, 2.45) is 29.6 Å². The third kappa shape index (κ3) is 11.4. The first-order valence-corrected chi connectivity index (χ1v) is 24.8. The molecule has 0 amide bonds. The molecule has 0 aliphatic carbocycles. The van der Waals surface area contributed by atoms with E-state index in [1.54, 1.807) is 27.0 Å². The summed E-state index contributed by atoms with van der Waals surface area (Å²) >= 11 is 1.52. The highest BCUT2D eigenvalue weighted by Gasteiger charge is 2.57. The number of likely N-dealkylation sites (N-methyl/N-ethyl adjacent to an activating group) is 1. The number of esters is 1. The monoisotopic (exact) mass is 953 g/mol. The van der Waals surface area contributed by atoms with E-state index < -0.39 is 102 Å². The van der Waals surface area contributed by atoms with Gasteiger partial charge < -0.3 is 53.0 Å². The van der Waals surface area contributed by atoms with Crippen molar-refractivity contribution in [1.29, 1.82) is 0 Å². The Morgan fingerprint density at radius 3 is 2.36 bits per heavy atom. The van der Waals surface area contributed by atoms with Gasteiger partial charge in [0, 0.05) is 49.4 Å². The standard InChI is InChI=1S/C52H76N2O12S/c1-15-40-52(11)42(30(3)28-61-52)32(5)43(55)29(2)26-51(10,60-24-18-19-36-21-22-39(67-36)37-20-16-17-23-53-37)47(66-49-44(56)38(54(12)13)25-31(4)62-49)33(6)45(34(7)48(58)64-40)65-41-27-50(9,59-14)46(57)35(8)63-41/h16-17,20-23,29,31-35,38,40-42,44-47,49,56-57H,3,15,24-28H2,1-2,4-14H3/t29?,31-,32?,33+,34-,35+,38+,40-,41+,42+,44-,45+,46?,47-,49+,50-,51-,52-/m1/s1. The molecule has 4 aliphatic rings. The molecule has 6 heterocycles. The van der Waals surface area contributed by atoms with Crippen LogP contribution in [0, 0.1) is 41.4 Å². The van der Waals surface area contributed by atoms with Gasteiger partial charge in [-0.05, 0) is 105 Å². The molecule has 3 unspecified atom stereocenters. The molecule has 0 saturated carbocycles. The molecule has 6 rings (SSSR count). The highest BCUT2D eigenvalue weighted by molar-refractivity contribution is 7.16. The lowest BCUT2D eigenvalue weighted by molar-refractivity contribution is -0.320. The van der Waals surface area contributed by atoms with Gasteiger partial charge in [-0.3, -0.25) is 14.6 Å². The first-order chi connectivity index (χ1) is 31.6. The Bertz CT molecular complexity index is 2070. The van der Waals surface area contributed by atoms with E-state index in [2.05, 4.69) is 23.4 Å². The second kappa shape index (κ2) is 21.9. The number of rotatable bonds is 10. The van der Waals surface area contributed by atoms with E-state index in [0.29, 0.717) is 12.8 Å². The lowest BCUT2D eigenvalue weighted by Crippen LogP contribution is -2.61. The summed E-state index contributed by atoms with van der Waals surface area (Å²) in [5.41, 5.74) is -1.80. The summed E-state index contributed by atoms with van der Waals surface area (Å²) < 4.78 is 52.8. The Kier molecular flexibility index (Phi) is 17.4.